The van der Waals surface area contributed by atoms with Crippen LogP contribution in [0.4, 0.5) is 10.1 Å². The molecule has 0 saturated heterocycles. The number of fused-ring (bicyclic) bond motifs is 1. The molecule has 2 aromatic heterocycles. The van der Waals surface area contributed by atoms with E-state index < -0.39 is 19.3 Å². The Hall–Kier alpha value is -2.15. The van der Waals surface area contributed by atoms with Crippen LogP contribution in [0.3, 0.4) is 0 Å². The van der Waals surface area contributed by atoms with Crippen LogP contribution >= 0.6 is 7.60 Å². The van der Waals surface area contributed by atoms with Gasteiger partial charge in [-0.15, -0.1) is 0 Å². The Morgan fingerprint density at radius 3 is 2.71 bits per heavy atom. The van der Waals surface area contributed by atoms with Crippen LogP contribution < -0.4 is 11.2 Å². The number of nitrogens with zero attached hydrogens (tertiary/aromatic N) is 1. The van der Waals surface area contributed by atoms with Gasteiger partial charge in [-0.05, 0) is 37.0 Å². The largest absolute Gasteiger partial charge is 0.445 e. The number of aromatic amines is 1. The Labute approximate surface area is 135 Å². The van der Waals surface area contributed by atoms with E-state index in [1.54, 1.807) is 12.1 Å². The number of hydrogen-bond acceptors (Lipinski definition) is 4. The molecule has 0 spiro atoms. The number of halogens is 1. The van der Waals surface area contributed by atoms with Gasteiger partial charge in [0.15, 0.2) is 11.6 Å². The third-order valence-corrected chi connectivity index (χ3v) is 4.99. The summed E-state index contributed by atoms with van der Waals surface area (Å²) >= 11 is 0. The number of benzene rings is 1. The monoisotopic (exact) mass is 351 g/mol. The summed E-state index contributed by atoms with van der Waals surface area (Å²) in [5.41, 5.74) is 7.35. The van der Waals surface area contributed by atoms with Gasteiger partial charge in [-0.2, -0.15) is 0 Å². The molecule has 3 aromatic rings. The molecule has 1 aliphatic rings. The quantitative estimate of drug-likeness (QED) is 0.423. The van der Waals surface area contributed by atoms with Crippen molar-refractivity contribution >= 4 is 29.8 Å². The number of nitrogen functional groups attached to an aromatic ring is 1. The minimum atomic E-state index is -4.47. The predicted molar refractivity (Wildman–Crippen MR) is 86.5 cm³/mol. The van der Waals surface area contributed by atoms with E-state index in [-0.39, 0.29) is 23.2 Å². The van der Waals surface area contributed by atoms with E-state index in [0.717, 1.165) is 12.8 Å². The summed E-state index contributed by atoms with van der Waals surface area (Å²) < 4.78 is 30.7. The lowest BCUT2D eigenvalue weighted by Gasteiger charge is -2.10. The highest BCUT2D eigenvalue weighted by Gasteiger charge is 2.34. The van der Waals surface area contributed by atoms with E-state index in [1.165, 1.54) is 12.1 Å². The van der Waals surface area contributed by atoms with Crippen molar-refractivity contribution in [3.8, 4) is 11.6 Å². The highest BCUT2D eigenvalue weighted by Crippen LogP contribution is 2.46. The van der Waals surface area contributed by atoms with Crippen molar-refractivity contribution < 1.29 is 23.2 Å². The summed E-state index contributed by atoms with van der Waals surface area (Å²) in [7, 11) is -4.47. The second-order valence-electron chi connectivity index (χ2n) is 5.97. The Morgan fingerprint density at radius 1 is 1.33 bits per heavy atom. The van der Waals surface area contributed by atoms with Gasteiger partial charge < -0.3 is 24.9 Å². The minimum Gasteiger partial charge on any atom is -0.445 e. The van der Waals surface area contributed by atoms with Gasteiger partial charge in [0, 0.05) is 5.56 Å². The first-order valence-electron chi connectivity index (χ1n) is 7.43. The molecule has 0 aliphatic heterocycles. The first-order valence-corrected chi connectivity index (χ1v) is 9.04. The molecular formula is C15H15FN3O4P. The SMILES string of the molecule is Nc1c(C(F)C2CC2)ccc2[nH]c(-c3ccc(P(=O)(O)O)o3)nc12. The second-order valence-corrected chi connectivity index (χ2v) is 7.50. The van der Waals surface area contributed by atoms with Gasteiger partial charge in [0.1, 0.15) is 11.7 Å². The Kier molecular flexibility index (Phi) is 3.32. The minimum absolute atomic E-state index is 0.0269. The Morgan fingerprint density at radius 2 is 2.08 bits per heavy atom. The van der Waals surface area contributed by atoms with Gasteiger partial charge in [0.25, 0.3) is 0 Å². The van der Waals surface area contributed by atoms with Crippen molar-refractivity contribution in [1.29, 1.82) is 0 Å². The van der Waals surface area contributed by atoms with Crippen molar-refractivity contribution in [1.82, 2.24) is 9.97 Å². The van der Waals surface area contributed by atoms with Crippen LogP contribution in [0.25, 0.3) is 22.6 Å². The molecule has 0 amide bonds. The number of alkyl halides is 1. The normalized spacial score (nSPS) is 16.6. The number of hydrogen-bond donors (Lipinski definition) is 4. The zero-order chi connectivity index (χ0) is 17.1. The highest BCUT2D eigenvalue weighted by atomic mass is 31.2. The number of rotatable bonds is 4. The lowest BCUT2D eigenvalue weighted by Crippen LogP contribution is -2.00. The molecule has 1 aliphatic carbocycles. The summed E-state index contributed by atoms with van der Waals surface area (Å²) in [4.78, 5) is 25.5. The topological polar surface area (TPSA) is 125 Å². The maximum Gasteiger partial charge on any atom is 0.391 e. The van der Waals surface area contributed by atoms with Crippen LogP contribution in [-0.4, -0.2) is 19.8 Å². The highest BCUT2D eigenvalue weighted by molar-refractivity contribution is 7.59. The van der Waals surface area contributed by atoms with E-state index in [1.807, 2.05) is 0 Å². The zero-order valence-electron chi connectivity index (χ0n) is 12.4. The third kappa shape index (κ3) is 2.53. The maximum absolute atomic E-state index is 14.4. The molecule has 7 nitrogen and oxygen atoms in total. The van der Waals surface area contributed by atoms with Gasteiger partial charge in [-0.1, -0.05) is 6.07 Å². The van der Waals surface area contributed by atoms with Crippen LogP contribution in [0.2, 0.25) is 0 Å². The lowest BCUT2D eigenvalue weighted by atomic mass is 10.0. The van der Waals surface area contributed by atoms with Crippen LogP contribution in [0, 0.1) is 5.92 Å². The molecule has 9 heteroatoms. The summed E-state index contributed by atoms with van der Waals surface area (Å²) in [6.45, 7) is 0. The molecule has 1 fully saturated rings. The molecule has 4 rings (SSSR count). The molecule has 1 atom stereocenters. The summed E-state index contributed by atoms with van der Waals surface area (Å²) in [5.74, 6) is 0.471. The summed E-state index contributed by atoms with van der Waals surface area (Å²) in [6, 6.07) is 5.94. The van der Waals surface area contributed by atoms with Crippen LogP contribution in [-0.2, 0) is 4.57 Å². The molecule has 0 radical (unpaired) electrons. The third-order valence-electron chi connectivity index (χ3n) is 4.17. The Bertz CT molecular complexity index is 972. The first-order chi connectivity index (χ1) is 11.3. The van der Waals surface area contributed by atoms with Gasteiger partial charge >= 0.3 is 7.60 Å². The van der Waals surface area contributed by atoms with E-state index in [2.05, 4.69) is 9.97 Å². The fourth-order valence-corrected chi connectivity index (χ4v) is 3.21. The number of imidazole rings is 1. The fourth-order valence-electron chi connectivity index (χ4n) is 2.72. The van der Waals surface area contributed by atoms with Gasteiger partial charge in [-0.25, -0.2) is 9.37 Å². The second kappa shape index (κ2) is 5.17. The van der Waals surface area contributed by atoms with E-state index in [4.69, 9.17) is 19.9 Å². The summed E-state index contributed by atoms with van der Waals surface area (Å²) in [6.07, 6.45) is 0.628. The molecule has 0 bridgehead atoms. The van der Waals surface area contributed by atoms with Gasteiger partial charge in [0.05, 0.1) is 11.2 Å². The van der Waals surface area contributed by atoms with Crippen LogP contribution in [0.15, 0.2) is 28.7 Å². The number of nitrogens with one attached hydrogen (secondary N) is 1. The fraction of sp³-hybridized carbons (Fsp3) is 0.267. The van der Waals surface area contributed by atoms with Gasteiger partial charge in [0.2, 0.25) is 5.50 Å². The van der Waals surface area contributed by atoms with E-state index in [0.29, 0.717) is 16.6 Å². The van der Waals surface area contributed by atoms with Crippen molar-refractivity contribution in [3.63, 3.8) is 0 Å². The molecule has 126 valence electrons. The predicted octanol–water partition coefficient (Wildman–Crippen LogP) is 2.63. The smallest absolute Gasteiger partial charge is 0.391 e. The van der Waals surface area contributed by atoms with Crippen molar-refractivity contribution in [3.05, 3.63) is 29.8 Å². The van der Waals surface area contributed by atoms with Gasteiger partial charge in [-0.3, -0.25) is 4.57 Å². The molecule has 24 heavy (non-hydrogen) atoms. The molecule has 5 N–H and O–H groups in total. The molecular weight excluding hydrogens is 336 g/mol. The number of H-pyrrole nitrogens is 1. The lowest BCUT2D eigenvalue weighted by molar-refractivity contribution is 0.307. The average Bonchev–Trinajstić information content (AvgIpc) is 3.07. The number of aromatic nitrogens is 2. The molecule has 1 unspecified atom stereocenters. The zero-order valence-corrected chi connectivity index (χ0v) is 13.3. The number of anilines is 1. The van der Waals surface area contributed by atoms with Crippen molar-refractivity contribution in [2.75, 3.05) is 5.73 Å². The van der Waals surface area contributed by atoms with Crippen LogP contribution in [0.5, 0.6) is 0 Å². The molecule has 1 aromatic carbocycles. The first kappa shape index (κ1) is 15.4. The molecule has 2 heterocycles. The van der Waals surface area contributed by atoms with Crippen molar-refractivity contribution in [2.45, 2.75) is 19.0 Å². The summed E-state index contributed by atoms with van der Waals surface area (Å²) in [5, 5.41) is 0. The Balaban J connectivity index is 1.77. The maximum atomic E-state index is 14.4. The number of furan rings is 1. The number of nitrogens with two attached hydrogens (primary N) is 1. The standard InChI is InChI=1S/C15H15FN3O4P/c16-12(7-1-2-7)8-3-4-9-14(13(8)17)19-15(18-9)10-5-6-11(23-10)24(20,21)22/h3-7,12H,1-2,17H2,(H,18,19)(H2,20,21,22). The molecule has 1 saturated carbocycles. The average molecular weight is 351 g/mol. The van der Waals surface area contributed by atoms with E-state index in [9.17, 15) is 8.96 Å². The van der Waals surface area contributed by atoms with Crippen molar-refractivity contribution in [2.24, 2.45) is 5.92 Å². The van der Waals surface area contributed by atoms with E-state index >= 15 is 0 Å². The van der Waals surface area contributed by atoms with Crippen LogP contribution in [0.1, 0.15) is 24.6 Å².